The normalized spacial score (nSPS) is 15.4. The molecule has 0 radical (unpaired) electrons. The summed E-state index contributed by atoms with van der Waals surface area (Å²) in [4.78, 5) is 12.4. The first-order valence-electron chi connectivity index (χ1n) is 4.48. The van der Waals surface area contributed by atoms with Crippen molar-refractivity contribution in [2.75, 3.05) is 18.0 Å². The summed E-state index contributed by atoms with van der Waals surface area (Å²) in [6, 6.07) is 0. The lowest BCUT2D eigenvalue weighted by Crippen LogP contribution is -2.31. The topological polar surface area (TPSA) is 66.3 Å². The highest BCUT2D eigenvalue weighted by Crippen LogP contribution is 2.31. The summed E-state index contributed by atoms with van der Waals surface area (Å²) >= 11 is 1.38. The van der Waals surface area contributed by atoms with Gasteiger partial charge < -0.3 is 10.0 Å². The molecule has 0 aliphatic heterocycles. The van der Waals surface area contributed by atoms with Gasteiger partial charge in [-0.25, -0.2) is 0 Å². The van der Waals surface area contributed by atoms with E-state index in [-0.39, 0.29) is 6.54 Å². The van der Waals surface area contributed by atoms with Gasteiger partial charge in [-0.15, -0.1) is 10.2 Å². The molecular weight excluding hydrogens is 202 g/mol. The predicted molar refractivity (Wildman–Crippen MR) is 52.5 cm³/mol. The number of hydrogen-bond donors (Lipinski definition) is 1. The van der Waals surface area contributed by atoms with Gasteiger partial charge in [0.15, 0.2) is 0 Å². The van der Waals surface area contributed by atoms with Crippen LogP contribution in [0.15, 0.2) is 5.51 Å². The first kappa shape index (κ1) is 9.39. The van der Waals surface area contributed by atoms with Crippen LogP contribution in [-0.2, 0) is 4.79 Å². The molecular formula is C8H11N3O2S. The fourth-order valence-corrected chi connectivity index (χ4v) is 1.86. The van der Waals surface area contributed by atoms with Gasteiger partial charge in [0, 0.05) is 6.54 Å². The fraction of sp³-hybridized carbons (Fsp3) is 0.625. The number of aliphatic carboxylic acids is 1. The van der Waals surface area contributed by atoms with E-state index in [9.17, 15) is 4.79 Å². The van der Waals surface area contributed by atoms with Crippen LogP contribution in [0.5, 0.6) is 0 Å². The molecule has 1 aliphatic rings. The lowest BCUT2D eigenvalue weighted by atomic mass is 10.4. The monoisotopic (exact) mass is 213 g/mol. The van der Waals surface area contributed by atoms with Crippen molar-refractivity contribution < 1.29 is 9.90 Å². The summed E-state index contributed by atoms with van der Waals surface area (Å²) in [7, 11) is 0. The average molecular weight is 213 g/mol. The van der Waals surface area contributed by atoms with Crippen molar-refractivity contribution in [1.82, 2.24) is 10.2 Å². The van der Waals surface area contributed by atoms with E-state index in [1.54, 1.807) is 10.4 Å². The summed E-state index contributed by atoms with van der Waals surface area (Å²) in [5.74, 6) is -0.168. The van der Waals surface area contributed by atoms with Crippen LogP contribution in [0.4, 0.5) is 5.13 Å². The largest absolute Gasteiger partial charge is 0.480 e. The van der Waals surface area contributed by atoms with Gasteiger partial charge >= 0.3 is 5.97 Å². The Hall–Kier alpha value is -1.17. The molecule has 1 fully saturated rings. The molecule has 6 heteroatoms. The standard InChI is InChI=1S/C8H11N3O2S/c12-7(13)4-11(3-6-1-2-6)8-10-9-5-14-8/h5-6H,1-4H2,(H,12,13). The lowest BCUT2D eigenvalue weighted by Gasteiger charge is -2.18. The minimum absolute atomic E-state index is 0.0195. The SMILES string of the molecule is O=C(O)CN(CC1CC1)c1nncs1. The summed E-state index contributed by atoms with van der Waals surface area (Å²) in [6.07, 6.45) is 2.41. The van der Waals surface area contributed by atoms with Crippen LogP contribution in [0.3, 0.4) is 0 Å². The molecule has 0 unspecified atom stereocenters. The van der Waals surface area contributed by atoms with Crippen LogP contribution in [0, 0.1) is 5.92 Å². The van der Waals surface area contributed by atoms with Gasteiger partial charge in [-0.1, -0.05) is 11.3 Å². The molecule has 0 aromatic carbocycles. The predicted octanol–water partition coefficient (Wildman–Crippen LogP) is 0.839. The zero-order chi connectivity index (χ0) is 9.97. The second kappa shape index (κ2) is 3.91. The van der Waals surface area contributed by atoms with Crippen molar-refractivity contribution in [3.63, 3.8) is 0 Å². The Morgan fingerprint density at radius 2 is 2.50 bits per heavy atom. The summed E-state index contributed by atoms with van der Waals surface area (Å²) in [5.41, 5.74) is 1.62. The Morgan fingerprint density at radius 1 is 1.71 bits per heavy atom. The molecule has 1 heterocycles. The Kier molecular flexibility index (Phi) is 2.62. The van der Waals surface area contributed by atoms with E-state index >= 15 is 0 Å². The molecule has 0 saturated heterocycles. The number of aromatic nitrogens is 2. The van der Waals surface area contributed by atoms with Gasteiger partial charge in [-0.2, -0.15) is 0 Å². The maximum absolute atomic E-state index is 10.6. The molecule has 0 spiro atoms. The van der Waals surface area contributed by atoms with Crippen LogP contribution in [0.1, 0.15) is 12.8 Å². The van der Waals surface area contributed by atoms with Crippen molar-refractivity contribution >= 4 is 22.4 Å². The lowest BCUT2D eigenvalue weighted by molar-refractivity contribution is -0.135. The maximum atomic E-state index is 10.6. The van der Waals surface area contributed by atoms with Crippen LogP contribution in [0.2, 0.25) is 0 Å². The summed E-state index contributed by atoms with van der Waals surface area (Å²) in [6.45, 7) is 0.813. The number of carboxylic acids is 1. The van der Waals surface area contributed by atoms with Gasteiger partial charge in [-0.3, -0.25) is 4.79 Å². The van der Waals surface area contributed by atoms with Crippen molar-refractivity contribution in [3.8, 4) is 0 Å². The third kappa shape index (κ3) is 2.41. The molecule has 1 aromatic heterocycles. The number of hydrogen-bond acceptors (Lipinski definition) is 5. The van der Waals surface area contributed by atoms with Gasteiger partial charge in [0.2, 0.25) is 5.13 Å². The Balaban J connectivity index is 2.00. The van der Waals surface area contributed by atoms with Gasteiger partial charge in [-0.05, 0) is 18.8 Å². The van der Waals surface area contributed by atoms with Crippen molar-refractivity contribution in [2.45, 2.75) is 12.8 Å². The molecule has 0 atom stereocenters. The van der Waals surface area contributed by atoms with E-state index in [1.807, 2.05) is 0 Å². The van der Waals surface area contributed by atoms with Crippen molar-refractivity contribution in [1.29, 1.82) is 0 Å². The molecule has 1 aliphatic carbocycles. The first-order valence-corrected chi connectivity index (χ1v) is 5.36. The third-order valence-corrected chi connectivity index (χ3v) is 2.87. The Labute approximate surface area is 85.4 Å². The molecule has 0 bridgehead atoms. The fourth-order valence-electron chi connectivity index (χ4n) is 1.29. The van der Waals surface area contributed by atoms with Crippen LogP contribution in [0.25, 0.3) is 0 Å². The number of nitrogens with zero attached hydrogens (tertiary/aromatic N) is 3. The minimum atomic E-state index is -0.819. The molecule has 5 nitrogen and oxygen atoms in total. The number of rotatable bonds is 5. The van der Waals surface area contributed by atoms with Crippen molar-refractivity contribution in [2.24, 2.45) is 5.92 Å². The van der Waals surface area contributed by atoms with Crippen molar-refractivity contribution in [3.05, 3.63) is 5.51 Å². The highest BCUT2D eigenvalue weighted by Gasteiger charge is 2.26. The Bertz CT molecular complexity index is 310. The van der Waals surface area contributed by atoms with E-state index < -0.39 is 5.97 Å². The molecule has 1 N–H and O–H groups in total. The summed E-state index contributed by atoms with van der Waals surface area (Å²) in [5, 5.41) is 17.0. The molecule has 76 valence electrons. The molecule has 14 heavy (non-hydrogen) atoms. The minimum Gasteiger partial charge on any atom is -0.480 e. The molecule has 0 amide bonds. The van der Waals surface area contributed by atoms with E-state index in [0.29, 0.717) is 11.0 Å². The van der Waals surface area contributed by atoms with E-state index in [4.69, 9.17) is 5.11 Å². The molecule has 2 rings (SSSR count). The van der Waals surface area contributed by atoms with E-state index in [0.717, 1.165) is 6.54 Å². The summed E-state index contributed by atoms with van der Waals surface area (Å²) < 4.78 is 0. The number of carbonyl (C=O) groups is 1. The second-order valence-corrected chi connectivity index (χ2v) is 4.25. The zero-order valence-corrected chi connectivity index (χ0v) is 8.40. The second-order valence-electron chi connectivity index (χ2n) is 3.44. The van der Waals surface area contributed by atoms with Gasteiger partial charge in [0.1, 0.15) is 12.1 Å². The highest BCUT2D eigenvalue weighted by molar-refractivity contribution is 7.13. The average Bonchev–Trinajstić information content (AvgIpc) is 2.79. The Morgan fingerprint density at radius 3 is 3.00 bits per heavy atom. The molecule has 1 aromatic rings. The highest BCUT2D eigenvalue weighted by atomic mass is 32.1. The molecule has 1 saturated carbocycles. The van der Waals surface area contributed by atoms with Gasteiger partial charge in [0.25, 0.3) is 0 Å². The first-order chi connectivity index (χ1) is 6.75. The number of anilines is 1. The van der Waals surface area contributed by atoms with E-state index in [1.165, 1.54) is 24.2 Å². The smallest absolute Gasteiger partial charge is 0.323 e. The number of carboxylic acid groups (broad SMARTS) is 1. The van der Waals surface area contributed by atoms with Gasteiger partial charge in [0.05, 0.1) is 0 Å². The zero-order valence-electron chi connectivity index (χ0n) is 7.59. The van der Waals surface area contributed by atoms with Crippen LogP contribution < -0.4 is 4.90 Å². The van der Waals surface area contributed by atoms with Crippen LogP contribution in [-0.4, -0.2) is 34.4 Å². The quantitative estimate of drug-likeness (QED) is 0.785. The van der Waals surface area contributed by atoms with E-state index in [2.05, 4.69) is 10.2 Å². The van der Waals surface area contributed by atoms with Crippen LogP contribution >= 0.6 is 11.3 Å². The third-order valence-electron chi connectivity index (χ3n) is 2.12. The maximum Gasteiger partial charge on any atom is 0.323 e.